The summed E-state index contributed by atoms with van der Waals surface area (Å²) >= 11 is 6.24. The molecule has 1 aliphatic rings. The van der Waals surface area contributed by atoms with Gasteiger partial charge in [-0.25, -0.2) is 18.7 Å². The number of halogens is 2. The van der Waals surface area contributed by atoms with Gasteiger partial charge in [-0.05, 0) is 73.9 Å². The summed E-state index contributed by atoms with van der Waals surface area (Å²) in [5.41, 5.74) is 2.07. The van der Waals surface area contributed by atoms with Crippen molar-refractivity contribution in [1.29, 1.82) is 0 Å². The highest BCUT2D eigenvalue weighted by Gasteiger charge is 2.37. The van der Waals surface area contributed by atoms with Crippen molar-refractivity contribution >= 4 is 36.8 Å². The van der Waals surface area contributed by atoms with Gasteiger partial charge < -0.3 is 9.33 Å². The first-order valence-electron chi connectivity index (χ1n) is 14.3. The molecule has 1 fully saturated rings. The molecule has 4 heterocycles. The Kier molecular flexibility index (Phi) is 8.79. The normalized spacial score (nSPS) is 18.6. The van der Waals surface area contributed by atoms with E-state index in [4.69, 9.17) is 16.0 Å². The van der Waals surface area contributed by atoms with Crippen LogP contribution in [-0.4, -0.2) is 47.0 Å². The van der Waals surface area contributed by atoms with Crippen molar-refractivity contribution < 1.29 is 8.82 Å². The van der Waals surface area contributed by atoms with Crippen molar-refractivity contribution in [2.75, 3.05) is 18.1 Å². The number of aromatic nitrogens is 4. The molecule has 0 amide bonds. The van der Waals surface area contributed by atoms with E-state index in [2.05, 4.69) is 67.6 Å². The quantitative estimate of drug-likeness (QED) is 0.214. The van der Waals surface area contributed by atoms with Crippen LogP contribution in [0.15, 0.2) is 23.1 Å². The van der Waals surface area contributed by atoms with E-state index < -0.39 is 19.8 Å². The van der Waals surface area contributed by atoms with Crippen LogP contribution >= 0.6 is 11.6 Å². The fraction of sp³-hybridized carbons (Fsp3) is 0.600. The van der Waals surface area contributed by atoms with Gasteiger partial charge in [0, 0.05) is 25.4 Å². The van der Waals surface area contributed by atoms with E-state index in [1.165, 1.54) is 10.6 Å². The SMILES string of the molecule is CC(C)c1nccc(CCO[Si](C)(C)C(C)(C)C)c1-n1c(=O)nc(N2C[C@@H](C)CC[C@@H]2C)c2cc(F)c(Cl)nc21. The van der Waals surface area contributed by atoms with Crippen LogP contribution in [-0.2, 0) is 10.8 Å². The molecule has 1 saturated heterocycles. The van der Waals surface area contributed by atoms with E-state index in [0.717, 1.165) is 30.6 Å². The third-order valence-corrected chi connectivity index (χ3v) is 13.4. The van der Waals surface area contributed by atoms with Crippen LogP contribution in [0.4, 0.5) is 10.2 Å². The standard InChI is InChI=1S/C30H43ClFN5O2Si/c1-18(2)24-25(21(12-14-33-24)13-15-39-40(8,9)30(5,6)7)37-28-22(16-23(32)26(31)34-28)27(35-29(37)38)36-17-19(3)10-11-20(36)4/h12,14,16,18-20H,10-11,13,15,17H2,1-9H3/t19-,20-/m0/s1. The molecular weight excluding hydrogens is 545 g/mol. The Morgan fingerprint density at radius 2 is 1.90 bits per heavy atom. The van der Waals surface area contributed by atoms with Gasteiger partial charge in [-0.2, -0.15) is 4.98 Å². The third-order valence-electron chi connectivity index (χ3n) is 8.60. The lowest BCUT2D eigenvalue weighted by Crippen LogP contribution is -2.43. The molecule has 0 spiro atoms. The van der Waals surface area contributed by atoms with Crippen molar-refractivity contribution in [3.8, 4) is 5.69 Å². The number of piperidine rings is 1. The maximum atomic E-state index is 14.9. The second-order valence-corrected chi connectivity index (χ2v) is 18.3. The molecule has 0 saturated carbocycles. The van der Waals surface area contributed by atoms with Crippen LogP contribution in [0.1, 0.15) is 78.5 Å². The zero-order valence-corrected chi connectivity index (χ0v) is 27.1. The number of pyridine rings is 2. The summed E-state index contributed by atoms with van der Waals surface area (Å²) in [5.74, 6) is 0.255. The minimum atomic E-state index is -1.97. The van der Waals surface area contributed by atoms with Crippen molar-refractivity contribution in [1.82, 2.24) is 19.5 Å². The lowest BCUT2D eigenvalue weighted by molar-refractivity contribution is 0.292. The first-order valence-corrected chi connectivity index (χ1v) is 17.6. The summed E-state index contributed by atoms with van der Waals surface area (Å²) in [6.45, 7) is 20.7. The summed E-state index contributed by atoms with van der Waals surface area (Å²) in [7, 11) is -1.97. The van der Waals surface area contributed by atoms with Crippen molar-refractivity contribution in [2.24, 2.45) is 5.92 Å². The molecule has 3 aromatic heterocycles. The van der Waals surface area contributed by atoms with Gasteiger partial charge in [0.25, 0.3) is 0 Å². The number of nitrogens with zero attached hydrogens (tertiary/aromatic N) is 5. The fourth-order valence-corrected chi connectivity index (χ4v) is 6.30. The molecule has 3 aromatic rings. The highest BCUT2D eigenvalue weighted by Crippen LogP contribution is 2.37. The number of anilines is 1. The van der Waals surface area contributed by atoms with Crippen LogP contribution in [0.25, 0.3) is 16.7 Å². The molecule has 0 unspecified atom stereocenters. The van der Waals surface area contributed by atoms with Crippen LogP contribution in [0.3, 0.4) is 0 Å². The smallest absolute Gasteiger partial charge is 0.355 e. The molecular formula is C30H43ClFN5O2Si. The molecule has 0 aromatic carbocycles. The van der Waals surface area contributed by atoms with Gasteiger partial charge in [0.1, 0.15) is 5.82 Å². The molecule has 0 aliphatic carbocycles. The van der Waals surface area contributed by atoms with E-state index in [1.807, 2.05) is 19.9 Å². The summed E-state index contributed by atoms with van der Waals surface area (Å²) in [4.78, 5) is 29.8. The van der Waals surface area contributed by atoms with Crippen LogP contribution in [0.2, 0.25) is 23.3 Å². The summed E-state index contributed by atoms with van der Waals surface area (Å²) in [6.07, 6.45) is 4.41. The van der Waals surface area contributed by atoms with E-state index in [1.54, 1.807) is 6.20 Å². The van der Waals surface area contributed by atoms with Gasteiger partial charge in [0.2, 0.25) is 0 Å². The zero-order valence-electron chi connectivity index (χ0n) is 25.3. The second-order valence-electron chi connectivity index (χ2n) is 13.1. The Balaban J connectivity index is 1.92. The molecule has 1 aliphatic heterocycles. The molecule has 0 radical (unpaired) electrons. The van der Waals surface area contributed by atoms with Gasteiger partial charge in [0.05, 0.1) is 16.8 Å². The minimum Gasteiger partial charge on any atom is -0.416 e. The lowest BCUT2D eigenvalue weighted by atomic mass is 9.95. The molecule has 4 rings (SSSR count). The lowest BCUT2D eigenvalue weighted by Gasteiger charge is -2.38. The molecule has 40 heavy (non-hydrogen) atoms. The van der Waals surface area contributed by atoms with Gasteiger partial charge in [0.15, 0.2) is 24.9 Å². The maximum Gasteiger partial charge on any atom is 0.355 e. The van der Waals surface area contributed by atoms with E-state index in [-0.39, 0.29) is 27.8 Å². The molecule has 0 N–H and O–H groups in total. The predicted octanol–water partition coefficient (Wildman–Crippen LogP) is 7.28. The van der Waals surface area contributed by atoms with Gasteiger partial charge in [-0.1, -0.05) is 53.1 Å². The second kappa shape index (κ2) is 11.5. The van der Waals surface area contributed by atoms with Crippen LogP contribution in [0, 0.1) is 11.7 Å². The predicted molar refractivity (Wildman–Crippen MR) is 164 cm³/mol. The Hall–Kier alpha value is -2.36. The molecule has 0 bridgehead atoms. The molecule has 2 atom stereocenters. The molecule has 7 nitrogen and oxygen atoms in total. The van der Waals surface area contributed by atoms with Crippen molar-refractivity contribution in [2.45, 2.75) is 97.8 Å². The Bertz CT molecular complexity index is 1450. The summed E-state index contributed by atoms with van der Waals surface area (Å²) in [5, 5.41) is 0.262. The number of rotatable bonds is 7. The topological polar surface area (TPSA) is 73.1 Å². The van der Waals surface area contributed by atoms with Gasteiger partial charge in [-0.15, -0.1) is 0 Å². The average molecular weight is 588 g/mol. The zero-order chi connectivity index (χ0) is 29.6. The monoisotopic (exact) mass is 587 g/mol. The Morgan fingerprint density at radius 3 is 2.55 bits per heavy atom. The maximum absolute atomic E-state index is 14.9. The van der Waals surface area contributed by atoms with E-state index in [9.17, 15) is 9.18 Å². The summed E-state index contributed by atoms with van der Waals surface area (Å²) in [6, 6.07) is 3.44. The Labute approximate surface area is 243 Å². The number of hydrogen-bond acceptors (Lipinski definition) is 6. The first-order chi connectivity index (χ1) is 18.6. The average Bonchev–Trinajstić information content (AvgIpc) is 2.85. The van der Waals surface area contributed by atoms with Crippen LogP contribution in [0.5, 0.6) is 0 Å². The molecule has 10 heteroatoms. The minimum absolute atomic E-state index is 0.0109. The third kappa shape index (κ3) is 5.97. The largest absolute Gasteiger partial charge is 0.416 e. The van der Waals surface area contributed by atoms with Gasteiger partial charge in [-0.3, -0.25) is 4.98 Å². The molecule has 218 valence electrons. The van der Waals surface area contributed by atoms with Crippen molar-refractivity contribution in [3.05, 3.63) is 51.0 Å². The Morgan fingerprint density at radius 1 is 1.20 bits per heavy atom. The van der Waals surface area contributed by atoms with Crippen LogP contribution < -0.4 is 10.6 Å². The van der Waals surface area contributed by atoms with Gasteiger partial charge >= 0.3 is 5.69 Å². The fourth-order valence-electron chi connectivity index (χ4n) is 5.12. The van der Waals surface area contributed by atoms with E-state index >= 15 is 0 Å². The number of hydrogen-bond donors (Lipinski definition) is 0. The van der Waals surface area contributed by atoms with E-state index in [0.29, 0.717) is 35.8 Å². The summed E-state index contributed by atoms with van der Waals surface area (Å²) < 4.78 is 22.9. The van der Waals surface area contributed by atoms with Crippen molar-refractivity contribution in [3.63, 3.8) is 0 Å². The number of fused-ring (bicyclic) bond motifs is 1. The highest BCUT2D eigenvalue weighted by atomic mass is 35.5. The first kappa shape index (κ1) is 30.6. The highest BCUT2D eigenvalue weighted by molar-refractivity contribution is 6.74.